The van der Waals surface area contributed by atoms with Crippen molar-refractivity contribution in [1.82, 2.24) is 0 Å². The zero-order valence-electron chi connectivity index (χ0n) is 11.2. The molecule has 0 heterocycles. The van der Waals surface area contributed by atoms with Crippen molar-refractivity contribution in [2.75, 3.05) is 7.11 Å². The molecule has 90 valence electrons. The quantitative estimate of drug-likeness (QED) is 0.737. The van der Waals surface area contributed by atoms with Crippen LogP contribution in [0.1, 0.15) is 30.5 Å². The molecule has 0 saturated heterocycles. The van der Waals surface area contributed by atoms with Crippen LogP contribution in [0.2, 0.25) is 0 Å². The van der Waals surface area contributed by atoms with Gasteiger partial charge in [-0.2, -0.15) is 5.26 Å². The van der Waals surface area contributed by atoms with E-state index in [0.29, 0.717) is 5.92 Å². The van der Waals surface area contributed by atoms with E-state index in [9.17, 15) is 5.26 Å². The van der Waals surface area contributed by atoms with Crippen LogP contribution in [0.25, 0.3) is 5.57 Å². The monoisotopic (exact) mass is 229 g/mol. The predicted octanol–water partition coefficient (Wildman–Crippen LogP) is 3.88. The normalized spacial score (nSPS) is 11.5. The van der Waals surface area contributed by atoms with Crippen molar-refractivity contribution >= 4 is 5.57 Å². The summed E-state index contributed by atoms with van der Waals surface area (Å²) in [6.45, 7) is 8.14. The third-order valence-corrected chi connectivity index (χ3v) is 2.65. The Labute approximate surface area is 104 Å². The van der Waals surface area contributed by atoms with E-state index in [0.717, 1.165) is 28.0 Å². The molecule has 0 unspecified atom stereocenters. The van der Waals surface area contributed by atoms with Gasteiger partial charge in [0.2, 0.25) is 0 Å². The van der Waals surface area contributed by atoms with E-state index >= 15 is 0 Å². The van der Waals surface area contributed by atoms with Crippen molar-refractivity contribution in [3.63, 3.8) is 0 Å². The van der Waals surface area contributed by atoms with Crippen LogP contribution in [0.5, 0.6) is 5.75 Å². The minimum atomic E-state index is 0.367. The van der Waals surface area contributed by atoms with E-state index in [-0.39, 0.29) is 0 Å². The van der Waals surface area contributed by atoms with Gasteiger partial charge in [-0.1, -0.05) is 19.9 Å². The molecular weight excluding hydrogens is 210 g/mol. The van der Waals surface area contributed by atoms with Gasteiger partial charge < -0.3 is 4.74 Å². The first-order valence-corrected chi connectivity index (χ1v) is 5.77. The Morgan fingerprint density at radius 2 is 1.94 bits per heavy atom. The van der Waals surface area contributed by atoms with Crippen LogP contribution in [0.15, 0.2) is 18.2 Å². The largest absolute Gasteiger partial charge is 0.496 e. The SMILES string of the molecule is COc1cc(C)c(/C(C#N)=C/C(C)C)cc1C. The number of allylic oxidation sites excluding steroid dienone is 2. The van der Waals surface area contributed by atoms with Crippen LogP contribution < -0.4 is 4.74 Å². The summed E-state index contributed by atoms with van der Waals surface area (Å²) in [7, 11) is 1.66. The number of ether oxygens (including phenoxy) is 1. The van der Waals surface area contributed by atoms with Crippen molar-refractivity contribution < 1.29 is 4.74 Å². The molecule has 0 atom stereocenters. The molecular formula is C15H19NO. The Balaban J connectivity index is 3.32. The molecule has 1 aromatic carbocycles. The molecule has 0 N–H and O–H groups in total. The highest BCUT2D eigenvalue weighted by Crippen LogP contribution is 2.27. The highest BCUT2D eigenvalue weighted by atomic mass is 16.5. The predicted molar refractivity (Wildman–Crippen MR) is 70.9 cm³/mol. The lowest BCUT2D eigenvalue weighted by Crippen LogP contribution is -1.94. The van der Waals surface area contributed by atoms with Gasteiger partial charge >= 0.3 is 0 Å². The van der Waals surface area contributed by atoms with E-state index < -0.39 is 0 Å². The van der Waals surface area contributed by atoms with Gasteiger partial charge in [0.1, 0.15) is 5.75 Å². The van der Waals surface area contributed by atoms with Crippen molar-refractivity contribution in [2.24, 2.45) is 5.92 Å². The maximum Gasteiger partial charge on any atom is 0.122 e. The second kappa shape index (κ2) is 5.54. The van der Waals surface area contributed by atoms with Gasteiger partial charge in [-0.05, 0) is 48.6 Å². The number of methoxy groups -OCH3 is 1. The van der Waals surface area contributed by atoms with Crippen molar-refractivity contribution in [3.05, 3.63) is 34.9 Å². The van der Waals surface area contributed by atoms with Gasteiger partial charge in [0.25, 0.3) is 0 Å². The molecule has 0 aliphatic rings. The highest BCUT2D eigenvalue weighted by Gasteiger charge is 2.09. The topological polar surface area (TPSA) is 33.0 Å². The molecule has 0 aromatic heterocycles. The molecule has 17 heavy (non-hydrogen) atoms. The average Bonchev–Trinajstić information content (AvgIpc) is 2.28. The zero-order valence-corrected chi connectivity index (χ0v) is 11.2. The molecule has 1 rings (SSSR count). The third-order valence-electron chi connectivity index (χ3n) is 2.65. The first-order valence-electron chi connectivity index (χ1n) is 5.77. The second-order valence-corrected chi connectivity index (χ2v) is 4.57. The molecule has 0 spiro atoms. The van der Waals surface area contributed by atoms with E-state index in [1.165, 1.54) is 0 Å². The maximum atomic E-state index is 9.22. The third kappa shape index (κ3) is 3.10. The summed E-state index contributed by atoms with van der Waals surface area (Å²) in [4.78, 5) is 0. The fourth-order valence-corrected chi connectivity index (χ4v) is 1.82. The molecule has 2 heteroatoms. The molecule has 0 saturated carbocycles. The number of aryl methyl sites for hydroxylation is 2. The fourth-order valence-electron chi connectivity index (χ4n) is 1.82. The fraction of sp³-hybridized carbons (Fsp3) is 0.400. The molecule has 0 bridgehead atoms. The van der Waals surface area contributed by atoms with Crippen LogP contribution in [-0.2, 0) is 0 Å². The lowest BCUT2D eigenvalue weighted by molar-refractivity contribution is 0.411. The Bertz CT molecular complexity index is 478. The number of hydrogen-bond donors (Lipinski definition) is 0. The molecule has 2 nitrogen and oxygen atoms in total. The summed E-state index contributed by atoms with van der Waals surface area (Å²) in [5.41, 5.74) is 3.86. The smallest absolute Gasteiger partial charge is 0.122 e. The van der Waals surface area contributed by atoms with E-state index in [4.69, 9.17) is 4.74 Å². The van der Waals surface area contributed by atoms with Crippen molar-refractivity contribution in [3.8, 4) is 11.8 Å². The Hall–Kier alpha value is -1.75. The minimum absolute atomic E-state index is 0.367. The average molecular weight is 229 g/mol. The summed E-state index contributed by atoms with van der Waals surface area (Å²) in [6.07, 6.45) is 1.99. The number of nitriles is 1. The highest BCUT2D eigenvalue weighted by molar-refractivity contribution is 5.79. The Morgan fingerprint density at radius 1 is 1.29 bits per heavy atom. The summed E-state index contributed by atoms with van der Waals surface area (Å²) in [5, 5.41) is 9.22. The van der Waals surface area contributed by atoms with Crippen LogP contribution in [0.3, 0.4) is 0 Å². The van der Waals surface area contributed by atoms with Crippen LogP contribution in [0.4, 0.5) is 0 Å². The van der Waals surface area contributed by atoms with E-state index in [1.54, 1.807) is 7.11 Å². The van der Waals surface area contributed by atoms with E-state index in [1.807, 2.05) is 32.1 Å². The van der Waals surface area contributed by atoms with Crippen molar-refractivity contribution in [1.29, 1.82) is 5.26 Å². The summed E-state index contributed by atoms with van der Waals surface area (Å²) in [6, 6.07) is 6.28. The van der Waals surface area contributed by atoms with Crippen LogP contribution in [-0.4, -0.2) is 7.11 Å². The van der Waals surface area contributed by atoms with Crippen LogP contribution in [0, 0.1) is 31.1 Å². The van der Waals surface area contributed by atoms with Gasteiger partial charge in [0, 0.05) is 0 Å². The Morgan fingerprint density at radius 3 is 2.41 bits per heavy atom. The molecule has 0 aliphatic heterocycles. The molecule has 0 radical (unpaired) electrons. The number of rotatable bonds is 3. The van der Waals surface area contributed by atoms with Crippen LogP contribution >= 0.6 is 0 Å². The summed E-state index contributed by atoms with van der Waals surface area (Å²) in [5.74, 6) is 1.24. The van der Waals surface area contributed by atoms with Gasteiger partial charge in [-0.15, -0.1) is 0 Å². The number of hydrogen-bond acceptors (Lipinski definition) is 2. The summed E-state index contributed by atoms with van der Waals surface area (Å²) >= 11 is 0. The van der Waals surface area contributed by atoms with Gasteiger partial charge in [-0.25, -0.2) is 0 Å². The standard InChI is InChI=1S/C15H19NO/c1-10(2)6-13(9-16)14-7-12(4)15(17-5)8-11(14)3/h6-8,10H,1-5H3/b13-6+. The van der Waals surface area contributed by atoms with Gasteiger partial charge in [-0.3, -0.25) is 0 Å². The van der Waals surface area contributed by atoms with Gasteiger partial charge in [0.15, 0.2) is 0 Å². The second-order valence-electron chi connectivity index (χ2n) is 4.57. The lowest BCUT2D eigenvalue weighted by atomic mass is 9.96. The molecule has 0 aliphatic carbocycles. The minimum Gasteiger partial charge on any atom is -0.496 e. The molecule has 0 amide bonds. The number of benzene rings is 1. The Kier molecular flexibility index (Phi) is 4.34. The van der Waals surface area contributed by atoms with Gasteiger partial charge in [0.05, 0.1) is 18.8 Å². The summed E-state index contributed by atoms with van der Waals surface area (Å²) < 4.78 is 5.27. The number of nitrogens with zero attached hydrogens (tertiary/aromatic N) is 1. The van der Waals surface area contributed by atoms with Crippen molar-refractivity contribution in [2.45, 2.75) is 27.7 Å². The lowest BCUT2D eigenvalue weighted by Gasteiger charge is -2.11. The zero-order chi connectivity index (χ0) is 13.0. The maximum absolute atomic E-state index is 9.22. The molecule has 1 aromatic rings. The first-order chi connectivity index (χ1) is 7.99. The van der Waals surface area contributed by atoms with E-state index in [2.05, 4.69) is 19.9 Å². The molecule has 0 fully saturated rings. The first kappa shape index (κ1) is 13.3.